The van der Waals surface area contributed by atoms with E-state index in [1.165, 1.54) is 64.0 Å². The molecule has 0 aliphatic carbocycles. The molecular formula is C54H59O17P. The Morgan fingerprint density at radius 2 is 0.542 bits per heavy atom. The van der Waals surface area contributed by atoms with Crippen LogP contribution in [-0.2, 0) is 4.57 Å². The molecule has 2 N–H and O–H groups in total. The molecule has 72 heavy (non-hydrogen) atoms. The number of hydrogen-bond donors (Lipinski definition) is 2. The molecule has 0 saturated heterocycles. The standard InChI is InChI=1S/C36H39O12P.C18H20O5/c1-39-27-15-13-23(9-11-25-19-31(41-3)35(45-7)32(20-25)42-4)17-29(27)47-49(37,38)48-30-18-24(14-16-28(30)40-2)10-12-26-21-33(43-5)36(46-8)34(22-26)44-6;1-20-15-8-7-12(9-14(15)19)5-6-13-10-16(21-2)18(23-4)17(11-13)22-3/h9-22H,1-8H3,(H,37,38);5-11,19H,1-4H3/b11-9-,12-10-;6-5-. The Hall–Kier alpha value is -8.27. The van der Waals surface area contributed by atoms with Crippen LogP contribution >= 0.6 is 7.82 Å². The summed E-state index contributed by atoms with van der Waals surface area (Å²) < 4.78 is 88.7. The van der Waals surface area contributed by atoms with Gasteiger partial charge < -0.3 is 71.0 Å². The molecule has 0 bridgehead atoms. The monoisotopic (exact) mass is 1010 g/mol. The molecule has 0 unspecified atom stereocenters. The second-order valence-electron chi connectivity index (χ2n) is 14.8. The molecule has 18 heteroatoms. The molecule has 0 spiro atoms. The fourth-order valence-electron chi connectivity index (χ4n) is 6.98. The second-order valence-corrected chi connectivity index (χ2v) is 16.1. The average Bonchev–Trinajstić information content (AvgIpc) is 3.40. The molecule has 17 nitrogen and oxygen atoms in total. The number of ether oxygens (including phenoxy) is 12. The molecule has 0 amide bonds. The SMILES string of the molecule is COc1ccc(/C=C\c2cc(OC)c(OC)c(OC)c2)cc1O.COc1ccc(/C=C\c2cc(OC)c(OC)c(OC)c2)cc1OP(=O)(O)Oc1cc(/C=C\c2cc(OC)c(OC)c(OC)c2)ccc1OC. The van der Waals surface area contributed by atoms with Crippen molar-refractivity contribution in [2.45, 2.75) is 0 Å². The summed E-state index contributed by atoms with van der Waals surface area (Å²) in [5.74, 6) is 5.59. The Kier molecular flexibility index (Phi) is 19.8. The van der Waals surface area contributed by atoms with Gasteiger partial charge in [0.05, 0.1) is 85.3 Å². The number of aromatic hydroxyl groups is 1. The van der Waals surface area contributed by atoms with Gasteiger partial charge in [-0.15, -0.1) is 0 Å². The Balaban J connectivity index is 0.000000348. The zero-order valence-corrected chi connectivity index (χ0v) is 43.0. The topological polar surface area (TPSA) is 187 Å². The molecule has 6 aromatic rings. The lowest BCUT2D eigenvalue weighted by molar-refractivity contribution is 0.277. The van der Waals surface area contributed by atoms with Gasteiger partial charge in [-0.3, -0.25) is 4.89 Å². The lowest BCUT2D eigenvalue weighted by atomic mass is 10.1. The van der Waals surface area contributed by atoms with Crippen molar-refractivity contribution in [2.75, 3.05) is 85.3 Å². The molecule has 6 rings (SSSR count). The molecule has 0 atom stereocenters. The third-order valence-corrected chi connectivity index (χ3v) is 11.3. The van der Waals surface area contributed by atoms with Crippen LogP contribution in [0.3, 0.4) is 0 Å². The minimum absolute atomic E-state index is 0.0159. The van der Waals surface area contributed by atoms with Crippen LogP contribution in [0.15, 0.2) is 91.0 Å². The first-order valence-corrected chi connectivity index (χ1v) is 23.1. The fraction of sp³-hybridized carbons (Fsp3) is 0.222. The third-order valence-electron chi connectivity index (χ3n) is 10.5. The number of benzene rings is 6. The van der Waals surface area contributed by atoms with Crippen molar-refractivity contribution in [3.8, 4) is 86.2 Å². The Labute approximate surface area is 419 Å². The molecule has 382 valence electrons. The number of hydrogen-bond acceptors (Lipinski definition) is 16. The van der Waals surface area contributed by atoms with Gasteiger partial charge in [0.2, 0.25) is 17.2 Å². The van der Waals surface area contributed by atoms with E-state index < -0.39 is 7.82 Å². The Morgan fingerprint density at radius 1 is 0.306 bits per heavy atom. The molecule has 0 fully saturated rings. The Morgan fingerprint density at radius 3 is 0.792 bits per heavy atom. The van der Waals surface area contributed by atoms with Gasteiger partial charge in [-0.05, 0) is 106 Å². The van der Waals surface area contributed by atoms with Crippen molar-refractivity contribution in [3.05, 3.63) is 124 Å². The summed E-state index contributed by atoms with van der Waals surface area (Å²) in [4.78, 5) is 10.9. The van der Waals surface area contributed by atoms with E-state index in [1.807, 2.05) is 42.5 Å². The zero-order chi connectivity index (χ0) is 52.4. The molecule has 6 aromatic carbocycles. The minimum Gasteiger partial charge on any atom is -0.504 e. The fourth-order valence-corrected chi connectivity index (χ4v) is 7.80. The van der Waals surface area contributed by atoms with Crippen LogP contribution in [0.5, 0.6) is 86.2 Å². The van der Waals surface area contributed by atoms with Gasteiger partial charge >= 0.3 is 7.82 Å². The molecule has 0 heterocycles. The van der Waals surface area contributed by atoms with Gasteiger partial charge in [0, 0.05) is 0 Å². The van der Waals surface area contributed by atoms with Crippen molar-refractivity contribution in [1.82, 2.24) is 0 Å². The van der Waals surface area contributed by atoms with Crippen LogP contribution in [0.25, 0.3) is 36.5 Å². The van der Waals surface area contributed by atoms with Crippen molar-refractivity contribution in [3.63, 3.8) is 0 Å². The molecule has 0 saturated carbocycles. The number of rotatable bonds is 22. The summed E-state index contributed by atoms with van der Waals surface area (Å²) in [6, 6.07) is 25.9. The largest absolute Gasteiger partial charge is 0.585 e. The first kappa shape index (κ1) is 54.7. The first-order chi connectivity index (χ1) is 34.7. The smallest absolute Gasteiger partial charge is 0.504 e. The molecule has 0 radical (unpaired) electrons. The van der Waals surface area contributed by atoms with E-state index >= 15 is 0 Å². The van der Waals surface area contributed by atoms with E-state index in [1.54, 1.807) is 106 Å². The first-order valence-electron chi connectivity index (χ1n) is 21.6. The van der Waals surface area contributed by atoms with Gasteiger partial charge in [0.15, 0.2) is 69.0 Å². The lowest BCUT2D eigenvalue weighted by Crippen LogP contribution is -2.02. The van der Waals surface area contributed by atoms with Crippen LogP contribution in [0.1, 0.15) is 33.4 Å². The third kappa shape index (κ3) is 14.0. The van der Waals surface area contributed by atoms with E-state index in [9.17, 15) is 14.6 Å². The maximum absolute atomic E-state index is 13.4. The normalized spacial score (nSPS) is 11.1. The van der Waals surface area contributed by atoms with Gasteiger partial charge in [-0.2, -0.15) is 0 Å². The Bertz CT molecular complexity index is 2720. The number of phosphoric ester groups is 1. The van der Waals surface area contributed by atoms with Crippen molar-refractivity contribution in [2.24, 2.45) is 0 Å². The highest BCUT2D eigenvalue weighted by atomic mass is 31.2. The summed E-state index contributed by atoms with van der Waals surface area (Å²) in [6.45, 7) is 0. The van der Waals surface area contributed by atoms with Crippen LogP contribution in [0.2, 0.25) is 0 Å². The van der Waals surface area contributed by atoms with E-state index in [2.05, 4.69) is 0 Å². The van der Waals surface area contributed by atoms with Crippen molar-refractivity contribution < 1.29 is 80.5 Å². The predicted molar refractivity (Wildman–Crippen MR) is 277 cm³/mol. The van der Waals surface area contributed by atoms with E-state index in [-0.39, 0.29) is 28.7 Å². The van der Waals surface area contributed by atoms with E-state index in [0.717, 1.165) is 22.3 Å². The molecule has 0 aliphatic heterocycles. The highest BCUT2D eigenvalue weighted by Crippen LogP contribution is 2.50. The number of methoxy groups -OCH3 is 12. The number of phosphoric acid groups is 1. The maximum Gasteiger partial charge on any atom is 0.585 e. The van der Waals surface area contributed by atoms with Gasteiger partial charge in [-0.25, -0.2) is 4.57 Å². The zero-order valence-electron chi connectivity index (χ0n) is 42.1. The van der Waals surface area contributed by atoms with E-state index in [4.69, 9.17) is 65.9 Å². The van der Waals surface area contributed by atoms with Crippen molar-refractivity contribution >= 4 is 44.3 Å². The number of phenols is 1. The van der Waals surface area contributed by atoms with Crippen LogP contribution in [0, 0.1) is 0 Å². The summed E-state index contributed by atoms with van der Waals surface area (Å²) in [7, 11) is 13.5. The lowest BCUT2D eigenvalue weighted by Gasteiger charge is -2.18. The number of phenolic OH excluding ortho intramolecular Hbond substituents is 1. The predicted octanol–water partition coefficient (Wildman–Crippen LogP) is 11.3. The van der Waals surface area contributed by atoms with E-state index in [0.29, 0.717) is 68.6 Å². The summed E-state index contributed by atoms with van der Waals surface area (Å²) in [5.41, 5.74) is 4.53. The summed E-state index contributed by atoms with van der Waals surface area (Å²) >= 11 is 0. The van der Waals surface area contributed by atoms with Gasteiger partial charge in [0.1, 0.15) is 0 Å². The molecular weight excluding hydrogens is 952 g/mol. The van der Waals surface area contributed by atoms with Crippen LogP contribution in [0.4, 0.5) is 0 Å². The van der Waals surface area contributed by atoms with Crippen molar-refractivity contribution in [1.29, 1.82) is 0 Å². The summed E-state index contributed by atoms with van der Waals surface area (Å²) in [5, 5.41) is 9.81. The second kappa shape index (κ2) is 26.1. The van der Waals surface area contributed by atoms with Gasteiger partial charge in [-0.1, -0.05) is 54.7 Å². The quantitative estimate of drug-likeness (QED) is 0.0482. The molecule has 0 aliphatic rings. The highest BCUT2D eigenvalue weighted by molar-refractivity contribution is 7.48. The maximum atomic E-state index is 13.4. The minimum atomic E-state index is -4.77. The van der Waals surface area contributed by atoms with Gasteiger partial charge in [0.25, 0.3) is 0 Å². The summed E-state index contributed by atoms with van der Waals surface area (Å²) in [6.07, 6.45) is 11.0. The van der Waals surface area contributed by atoms with Crippen LogP contribution in [-0.4, -0.2) is 95.3 Å². The average molecular weight is 1010 g/mol. The molecule has 0 aromatic heterocycles. The van der Waals surface area contributed by atoms with Crippen LogP contribution < -0.4 is 65.9 Å². The highest BCUT2D eigenvalue weighted by Gasteiger charge is 2.29.